The minimum atomic E-state index is -1.14. The monoisotopic (exact) mass is 529 g/mol. The van der Waals surface area contributed by atoms with E-state index < -0.39 is 5.60 Å². The number of nitrogens with one attached hydrogen (secondary N) is 1. The van der Waals surface area contributed by atoms with Crippen LogP contribution in [0.25, 0.3) is 0 Å². The molecule has 3 fully saturated rings. The second-order valence-electron chi connectivity index (χ2n) is 12.4. The van der Waals surface area contributed by atoms with E-state index in [4.69, 9.17) is 0 Å². The van der Waals surface area contributed by atoms with Gasteiger partial charge in [-0.1, -0.05) is 81.3 Å². The topological polar surface area (TPSA) is 72.9 Å². The summed E-state index contributed by atoms with van der Waals surface area (Å²) >= 11 is 0. The van der Waals surface area contributed by atoms with Crippen molar-refractivity contribution < 1.29 is 14.7 Å². The van der Waals surface area contributed by atoms with E-state index in [0.29, 0.717) is 44.6 Å². The minimum absolute atomic E-state index is 0.0135. The van der Waals surface area contributed by atoms with Crippen molar-refractivity contribution in [1.82, 2.24) is 15.1 Å². The summed E-state index contributed by atoms with van der Waals surface area (Å²) in [4.78, 5) is 29.3. The van der Waals surface area contributed by atoms with E-state index in [1.165, 1.54) is 74.5 Å². The van der Waals surface area contributed by atoms with Gasteiger partial charge in [-0.2, -0.15) is 0 Å². The van der Waals surface area contributed by atoms with Gasteiger partial charge >= 0.3 is 0 Å². The average molecular weight is 530 g/mol. The van der Waals surface area contributed by atoms with Crippen LogP contribution in [0.15, 0.2) is 48.5 Å². The molecule has 6 heteroatoms. The lowest BCUT2D eigenvalue weighted by Crippen LogP contribution is -2.53. The van der Waals surface area contributed by atoms with Crippen LogP contribution in [0.5, 0.6) is 0 Å². The fourth-order valence-corrected chi connectivity index (χ4v) is 7.04. The van der Waals surface area contributed by atoms with Crippen molar-refractivity contribution in [3.05, 3.63) is 70.8 Å². The number of carbonyl (C=O) groups is 2. The van der Waals surface area contributed by atoms with Crippen molar-refractivity contribution in [3.8, 4) is 0 Å². The molecule has 2 N–H and O–H groups in total. The Morgan fingerprint density at radius 1 is 0.744 bits per heavy atom. The molecule has 6 nitrogen and oxygen atoms in total. The molecule has 2 heterocycles. The van der Waals surface area contributed by atoms with Crippen LogP contribution in [0.1, 0.15) is 104 Å². The van der Waals surface area contributed by atoms with Crippen LogP contribution in [0.4, 0.5) is 0 Å². The lowest BCUT2D eigenvalue weighted by Gasteiger charge is -2.44. The Labute approximate surface area is 232 Å². The van der Waals surface area contributed by atoms with E-state index >= 15 is 0 Å². The van der Waals surface area contributed by atoms with Crippen molar-refractivity contribution in [2.45, 2.75) is 94.2 Å². The Hall–Kier alpha value is -2.70. The lowest BCUT2D eigenvalue weighted by atomic mass is 9.74. The fraction of sp³-hybridized carbons (Fsp3) is 0.576. The zero-order valence-corrected chi connectivity index (χ0v) is 23.2. The quantitative estimate of drug-likeness (QED) is 0.587. The highest BCUT2D eigenvalue weighted by Gasteiger charge is 2.50. The number of rotatable bonds is 3. The van der Waals surface area contributed by atoms with Gasteiger partial charge in [-0.25, -0.2) is 0 Å². The summed E-state index contributed by atoms with van der Waals surface area (Å²) < 4.78 is 0. The molecule has 208 valence electrons. The van der Waals surface area contributed by atoms with Gasteiger partial charge in [0.2, 0.25) is 0 Å². The number of piperazine rings is 1. The van der Waals surface area contributed by atoms with Gasteiger partial charge in [0.05, 0.1) is 6.04 Å². The summed E-state index contributed by atoms with van der Waals surface area (Å²) in [5, 5.41) is 14.3. The molecule has 6 rings (SSSR count). The maximum Gasteiger partial charge on any atom is 0.254 e. The highest BCUT2D eigenvalue weighted by molar-refractivity contribution is 5.94. The highest BCUT2D eigenvalue weighted by atomic mass is 16.3. The molecule has 1 unspecified atom stereocenters. The van der Waals surface area contributed by atoms with Gasteiger partial charge in [0, 0.05) is 37.3 Å². The lowest BCUT2D eigenvalue weighted by molar-refractivity contribution is -0.143. The van der Waals surface area contributed by atoms with E-state index in [-0.39, 0.29) is 23.4 Å². The Morgan fingerprint density at radius 2 is 1.33 bits per heavy atom. The first kappa shape index (κ1) is 26.5. The normalized spacial score (nSPS) is 24.6. The van der Waals surface area contributed by atoms with Crippen LogP contribution in [0.3, 0.4) is 0 Å². The fourth-order valence-electron chi connectivity index (χ4n) is 7.04. The number of benzene rings is 2. The molecule has 1 saturated heterocycles. The molecule has 0 radical (unpaired) electrons. The molecule has 2 saturated carbocycles. The molecule has 2 aromatic rings. The maximum absolute atomic E-state index is 13.3. The van der Waals surface area contributed by atoms with Gasteiger partial charge in [0.25, 0.3) is 11.8 Å². The summed E-state index contributed by atoms with van der Waals surface area (Å²) in [5.74, 6) is -0.160. The first-order chi connectivity index (χ1) is 19.0. The van der Waals surface area contributed by atoms with Crippen LogP contribution >= 0.6 is 0 Å². The van der Waals surface area contributed by atoms with Gasteiger partial charge in [0.15, 0.2) is 0 Å². The number of amides is 2. The second kappa shape index (κ2) is 11.1. The predicted molar refractivity (Wildman–Crippen MR) is 153 cm³/mol. The summed E-state index contributed by atoms with van der Waals surface area (Å²) in [7, 11) is 0. The summed E-state index contributed by atoms with van der Waals surface area (Å²) in [6, 6.07) is 17.2. The smallest absolute Gasteiger partial charge is 0.254 e. The third-order valence-corrected chi connectivity index (χ3v) is 9.62. The molecule has 4 aliphatic rings. The van der Waals surface area contributed by atoms with E-state index in [0.717, 1.165) is 6.42 Å². The first-order valence-corrected chi connectivity index (χ1v) is 15.2. The third kappa shape index (κ3) is 5.64. The zero-order chi connectivity index (χ0) is 26.9. The third-order valence-electron chi connectivity index (χ3n) is 9.62. The zero-order valence-electron chi connectivity index (χ0n) is 23.2. The summed E-state index contributed by atoms with van der Waals surface area (Å²) in [6.07, 6.45) is 14.0. The highest BCUT2D eigenvalue weighted by Crippen LogP contribution is 2.40. The van der Waals surface area contributed by atoms with Crippen molar-refractivity contribution in [2.75, 3.05) is 26.2 Å². The van der Waals surface area contributed by atoms with Crippen molar-refractivity contribution in [3.63, 3.8) is 0 Å². The second-order valence-corrected chi connectivity index (χ2v) is 12.4. The molecule has 1 spiro atoms. The molecule has 2 aliphatic heterocycles. The molecule has 2 aromatic carbocycles. The molecule has 2 aliphatic carbocycles. The van der Waals surface area contributed by atoms with Crippen LogP contribution in [-0.4, -0.2) is 64.0 Å². The Morgan fingerprint density at radius 3 is 1.97 bits per heavy atom. The summed E-state index contributed by atoms with van der Waals surface area (Å²) in [6.45, 7) is 1.97. The van der Waals surface area contributed by atoms with E-state index in [1.807, 2.05) is 17.0 Å². The maximum atomic E-state index is 13.3. The van der Waals surface area contributed by atoms with E-state index in [1.54, 1.807) is 4.90 Å². The van der Waals surface area contributed by atoms with Crippen LogP contribution < -0.4 is 5.32 Å². The number of hydrogen-bond donors (Lipinski definition) is 2. The number of nitrogens with zero attached hydrogens (tertiary/aromatic N) is 2. The van der Waals surface area contributed by atoms with Gasteiger partial charge in [-0.3, -0.25) is 9.59 Å². The first-order valence-electron chi connectivity index (χ1n) is 15.2. The Balaban J connectivity index is 1.16. The Bertz CT molecular complexity index is 1170. The molecule has 39 heavy (non-hydrogen) atoms. The number of hydrogen-bond acceptors (Lipinski definition) is 4. The van der Waals surface area contributed by atoms with Gasteiger partial charge in [0.1, 0.15) is 5.60 Å². The number of aliphatic hydroxyl groups is 1. The minimum Gasteiger partial charge on any atom is -0.380 e. The summed E-state index contributed by atoms with van der Waals surface area (Å²) in [5.41, 5.74) is 3.72. The van der Waals surface area contributed by atoms with Crippen LogP contribution in [-0.2, 0) is 11.2 Å². The molecular weight excluding hydrogens is 486 g/mol. The molecule has 0 bridgehead atoms. The number of carbonyl (C=O) groups excluding carboxylic acids is 2. The van der Waals surface area contributed by atoms with Crippen molar-refractivity contribution in [1.29, 1.82) is 0 Å². The van der Waals surface area contributed by atoms with Gasteiger partial charge in [-0.05, 0) is 60.9 Å². The van der Waals surface area contributed by atoms with Crippen molar-refractivity contribution >= 4 is 11.8 Å². The van der Waals surface area contributed by atoms with Crippen LogP contribution in [0, 0.1) is 0 Å². The van der Waals surface area contributed by atoms with Gasteiger partial charge in [-0.15, -0.1) is 0 Å². The molecule has 1 atom stereocenters. The predicted octanol–water partition coefficient (Wildman–Crippen LogP) is 4.99. The number of fused-ring (bicyclic) bond motifs is 1. The Kier molecular flexibility index (Phi) is 7.52. The van der Waals surface area contributed by atoms with Crippen molar-refractivity contribution in [2.24, 2.45) is 0 Å². The van der Waals surface area contributed by atoms with E-state index in [9.17, 15) is 14.7 Å². The van der Waals surface area contributed by atoms with Gasteiger partial charge < -0.3 is 20.2 Å². The molecular formula is C33H43N3O3. The largest absolute Gasteiger partial charge is 0.380 e. The average Bonchev–Trinajstić information content (AvgIpc) is 3.74. The molecule has 2 amide bonds. The van der Waals surface area contributed by atoms with E-state index in [2.05, 4.69) is 41.7 Å². The van der Waals surface area contributed by atoms with Crippen LogP contribution in [0.2, 0.25) is 0 Å². The SMILES string of the molecule is O=C(c1ccc(C2NC3(CCCCCCCCC3)Cc3ccccc32)cc1)N1CCN(C(=O)C2(O)CC2)CC1. The molecule has 0 aromatic heterocycles. The standard InChI is InChI=1S/C33H43N3O3/c37-30(35-20-22-36(23-21-35)31(38)33(39)18-19-33)26-14-12-25(13-15-26)29-28-11-7-6-10-27(28)24-32(34-29)16-8-4-2-1-3-5-9-17-32/h6-7,10-15,29,34,39H,1-5,8-9,16-24H2.